The molecule has 1 unspecified atom stereocenters. The van der Waals surface area contributed by atoms with Gasteiger partial charge in [0, 0.05) is 27.0 Å². The van der Waals surface area contributed by atoms with E-state index >= 15 is 0 Å². The van der Waals surface area contributed by atoms with E-state index < -0.39 is 0 Å². The van der Waals surface area contributed by atoms with Crippen LogP contribution in [0.2, 0.25) is 5.02 Å². The molecule has 0 amide bonds. The Kier molecular flexibility index (Phi) is 3.62. The van der Waals surface area contributed by atoms with Crippen molar-refractivity contribution in [1.82, 2.24) is 4.98 Å². The molecule has 0 saturated carbocycles. The first-order valence-corrected chi connectivity index (χ1v) is 6.96. The fraction of sp³-hybridized carbons (Fsp3) is 0.125. The Balaban J connectivity index is 2.14. The van der Waals surface area contributed by atoms with Crippen LogP contribution in [0.25, 0.3) is 10.9 Å². The summed E-state index contributed by atoms with van der Waals surface area (Å²) < 4.78 is 0. The highest BCUT2D eigenvalue weighted by atomic mass is 35.5. The molecular formula is C16H13ClN2O2. The van der Waals surface area contributed by atoms with Crippen molar-refractivity contribution in [1.29, 1.82) is 0 Å². The van der Waals surface area contributed by atoms with Crippen LogP contribution in [0, 0.1) is 10.1 Å². The van der Waals surface area contributed by atoms with Crippen LogP contribution in [-0.2, 0) is 0 Å². The van der Waals surface area contributed by atoms with E-state index in [1.807, 2.05) is 48.7 Å². The van der Waals surface area contributed by atoms with E-state index in [0.29, 0.717) is 5.02 Å². The van der Waals surface area contributed by atoms with Gasteiger partial charge in [0.2, 0.25) is 6.54 Å². The number of fused-ring (bicyclic) bond motifs is 1. The largest absolute Gasteiger partial charge is 0.361 e. The van der Waals surface area contributed by atoms with Crippen molar-refractivity contribution in [3.8, 4) is 0 Å². The van der Waals surface area contributed by atoms with Crippen LogP contribution in [0.15, 0.2) is 54.7 Å². The molecule has 3 aromatic rings. The summed E-state index contributed by atoms with van der Waals surface area (Å²) in [5.74, 6) is -0.298. The number of benzene rings is 2. The molecule has 2 aromatic carbocycles. The average molecular weight is 301 g/mol. The number of nitrogens with zero attached hydrogens (tertiary/aromatic N) is 1. The standard InChI is InChI=1S/C16H13ClN2O2/c17-12-6-7-16-13(8-12)14(9-18-16)15(10-19(20)21)11-4-2-1-3-5-11/h1-9,15,18H,10H2. The third-order valence-electron chi connectivity index (χ3n) is 3.58. The van der Waals surface area contributed by atoms with Crippen LogP contribution < -0.4 is 0 Å². The number of hydrogen-bond acceptors (Lipinski definition) is 2. The van der Waals surface area contributed by atoms with Crippen LogP contribution in [0.4, 0.5) is 0 Å². The van der Waals surface area contributed by atoms with Gasteiger partial charge < -0.3 is 4.98 Å². The third-order valence-corrected chi connectivity index (χ3v) is 3.82. The van der Waals surface area contributed by atoms with Gasteiger partial charge in [-0.05, 0) is 29.3 Å². The van der Waals surface area contributed by atoms with E-state index in [-0.39, 0.29) is 17.4 Å². The van der Waals surface area contributed by atoms with Crippen LogP contribution in [0.3, 0.4) is 0 Å². The van der Waals surface area contributed by atoms with E-state index in [4.69, 9.17) is 11.6 Å². The number of aromatic amines is 1. The van der Waals surface area contributed by atoms with Crippen molar-refractivity contribution in [3.63, 3.8) is 0 Å². The highest BCUT2D eigenvalue weighted by molar-refractivity contribution is 6.31. The van der Waals surface area contributed by atoms with E-state index in [0.717, 1.165) is 22.0 Å². The van der Waals surface area contributed by atoms with Gasteiger partial charge in [-0.15, -0.1) is 0 Å². The van der Waals surface area contributed by atoms with Crippen molar-refractivity contribution in [2.75, 3.05) is 6.54 Å². The molecule has 21 heavy (non-hydrogen) atoms. The topological polar surface area (TPSA) is 58.9 Å². The first kappa shape index (κ1) is 13.6. The smallest absolute Gasteiger partial charge is 0.214 e. The SMILES string of the molecule is O=[N+]([O-])CC(c1ccccc1)c1c[nH]c2ccc(Cl)cc12. The Morgan fingerprint density at radius 3 is 2.67 bits per heavy atom. The monoisotopic (exact) mass is 300 g/mol. The van der Waals surface area contributed by atoms with Crippen molar-refractivity contribution in [2.24, 2.45) is 0 Å². The summed E-state index contributed by atoms with van der Waals surface area (Å²) in [4.78, 5) is 13.9. The number of halogens is 1. The molecule has 106 valence electrons. The van der Waals surface area contributed by atoms with Gasteiger partial charge in [-0.3, -0.25) is 10.1 Å². The Morgan fingerprint density at radius 2 is 1.95 bits per heavy atom. The number of rotatable bonds is 4. The highest BCUT2D eigenvalue weighted by Gasteiger charge is 2.23. The second-order valence-corrected chi connectivity index (χ2v) is 5.35. The third kappa shape index (κ3) is 2.76. The van der Waals surface area contributed by atoms with Crippen LogP contribution in [0.1, 0.15) is 17.0 Å². The number of aromatic nitrogens is 1. The van der Waals surface area contributed by atoms with Crippen molar-refractivity contribution in [3.05, 3.63) is 81.0 Å². The number of H-pyrrole nitrogens is 1. The molecule has 0 fully saturated rings. The van der Waals surface area contributed by atoms with Gasteiger partial charge in [-0.1, -0.05) is 41.9 Å². The molecule has 0 aliphatic rings. The summed E-state index contributed by atoms with van der Waals surface area (Å²) in [5.41, 5.74) is 2.75. The van der Waals surface area contributed by atoms with Gasteiger partial charge in [0.15, 0.2) is 0 Å². The molecular weight excluding hydrogens is 288 g/mol. The summed E-state index contributed by atoms with van der Waals surface area (Å²) in [6.07, 6.45) is 1.84. The zero-order valence-electron chi connectivity index (χ0n) is 11.1. The number of nitrogens with one attached hydrogen (secondary N) is 1. The molecule has 0 radical (unpaired) electrons. The number of hydrogen-bond donors (Lipinski definition) is 1. The Labute approximate surface area is 126 Å². The van der Waals surface area contributed by atoms with Gasteiger partial charge in [-0.2, -0.15) is 0 Å². The molecule has 1 atom stereocenters. The second-order valence-electron chi connectivity index (χ2n) is 4.91. The number of nitro groups is 1. The molecule has 0 spiro atoms. The fourth-order valence-corrected chi connectivity index (χ4v) is 2.79. The van der Waals surface area contributed by atoms with Gasteiger partial charge in [0.05, 0.1) is 5.92 Å². The maximum atomic E-state index is 11.1. The molecule has 1 aromatic heterocycles. The lowest BCUT2D eigenvalue weighted by molar-refractivity contribution is -0.481. The average Bonchev–Trinajstić information content (AvgIpc) is 2.88. The van der Waals surface area contributed by atoms with E-state index in [1.165, 1.54) is 0 Å². The maximum absolute atomic E-state index is 11.1. The normalized spacial score (nSPS) is 12.4. The molecule has 5 heteroatoms. The zero-order chi connectivity index (χ0) is 14.8. The van der Waals surface area contributed by atoms with Crippen molar-refractivity contribution in [2.45, 2.75) is 5.92 Å². The quantitative estimate of drug-likeness (QED) is 0.579. The summed E-state index contributed by atoms with van der Waals surface area (Å²) in [6.45, 7) is -0.149. The molecule has 0 aliphatic carbocycles. The maximum Gasteiger partial charge on any atom is 0.214 e. The van der Waals surface area contributed by atoms with E-state index in [9.17, 15) is 10.1 Å². The Hall–Kier alpha value is -2.33. The van der Waals surface area contributed by atoms with Crippen molar-refractivity contribution < 1.29 is 4.92 Å². The van der Waals surface area contributed by atoms with E-state index in [2.05, 4.69) is 4.98 Å². The molecule has 0 saturated heterocycles. The van der Waals surface area contributed by atoms with Gasteiger partial charge in [0.25, 0.3) is 0 Å². The fourth-order valence-electron chi connectivity index (χ4n) is 2.62. The molecule has 1 N–H and O–H groups in total. The minimum absolute atomic E-state index is 0.149. The first-order valence-electron chi connectivity index (χ1n) is 6.58. The lowest BCUT2D eigenvalue weighted by atomic mass is 9.91. The zero-order valence-corrected chi connectivity index (χ0v) is 11.9. The predicted octanol–water partition coefficient (Wildman–Crippen LogP) is 4.23. The van der Waals surface area contributed by atoms with Gasteiger partial charge in [0.1, 0.15) is 0 Å². The van der Waals surface area contributed by atoms with Crippen molar-refractivity contribution >= 4 is 22.5 Å². The molecule has 0 aliphatic heterocycles. The summed E-state index contributed by atoms with van der Waals surface area (Å²) in [7, 11) is 0. The molecule has 4 nitrogen and oxygen atoms in total. The van der Waals surface area contributed by atoms with E-state index in [1.54, 1.807) is 6.07 Å². The van der Waals surface area contributed by atoms with Crippen LogP contribution >= 0.6 is 11.6 Å². The summed E-state index contributed by atoms with van der Waals surface area (Å²) in [6, 6.07) is 15.0. The molecule has 3 rings (SSSR count). The first-order chi connectivity index (χ1) is 10.1. The summed E-state index contributed by atoms with van der Waals surface area (Å²) in [5, 5.41) is 12.6. The Morgan fingerprint density at radius 1 is 1.19 bits per heavy atom. The predicted molar refractivity (Wildman–Crippen MR) is 83.5 cm³/mol. The minimum atomic E-state index is -0.298. The Bertz CT molecular complexity index is 783. The van der Waals surface area contributed by atoms with Gasteiger partial charge in [-0.25, -0.2) is 0 Å². The lowest BCUT2D eigenvalue weighted by Crippen LogP contribution is -2.13. The lowest BCUT2D eigenvalue weighted by Gasteiger charge is -2.12. The van der Waals surface area contributed by atoms with Crippen LogP contribution in [-0.4, -0.2) is 16.5 Å². The van der Waals surface area contributed by atoms with Gasteiger partial charge >= 0.3 is 0 Å². The molecule has 1 heterocycles. The second kappa shape index (κ2) is 5.58. The molecule has 0 bridgehead atoms. The highest BCUT2D eigenvalue weighted by Crippen LogP contribution is 2.32. The summed E-state index contributed by atoms with van der Waals surface area (Å²) >= 11 is 6.06. The minimum Gasteiger partial charge on any atom is -0.361 e. The van der Waals surface area contributed by atoms with Crippen LogP contribution in [0.5, 0.6) is 0 Å².